The molecule has 1 atom stereocenters. The Labute approximate surface area is 145 Å². The van der Waals surface area contributed by atoms with Crippen LogP contribution in [0.1, 0.15) is 48.4 Å². The summed E-state index contributed by atoms with van der Waals surface area (Å²) in [5.74, 6) is 0.641. The highest BCUT2D eigenvalue weighted by Gasteiger charge is 2.22. The number of hydrogen-bond acceptors (Lipinski definition) is 5. The Hall–Kier alpha value is -2.96. The van der Waals surface area contributed by atoms with Crippen LogP contribution in [0.5, 0.6) is 0 Å². The zero-order valence-electron chi connectivity index (χ0n) is 14.4. The standard InChI is InChI=1S/C18H20N4O3/c1-4-15(18(24)19-9-17-21-20-12(3)25-17)22-10-14(11(2)23)13-7-5-6-8-16(13)22/h5-8,10,15H,4,9H2,1-3H3,(H,19,24). The molecule has 1 aromatic carbocycles. The van der Waals surface area contributed by atoms with Crippen LogP contribution in [0.3, 0.4) is 0 Å². The third kappa shape index (κ3) is 3.31. The van der Waals surface area contributed by atoms with Crippen molar-refractivity contribution in [3.63, 3.8) is 0 Å². The number of carbonyl (C=O) groups is 2. The van der Waals surface area contributed by atoms with Crippen LogP contribution in [-0.2, 0) is 11.3 Å². The molecule has 1 unspecified atom stereocenters. The maximum absolute atomic E-state index is 12.7. The van der Waals surface area contributed by atoms with Crippen molar-refractivity contribution in [3.8, 4) is 0 Å². The summed E-state index contributed by atoms with van der Waals surface area (Å²) >= 11 is 0. The Balaban J connectivity index is 1.88. The van der Waals surface area contributed by atoms with Gasteiger partial charge in [0.05, 0.1) is 6.54 Å². The lowest BCUT2D eigenvalue weighted by Crippen LogP contribution is -2.31. The van der Waals surface area contributed by atoms with E-state index in [1.807, 2.05) is 35.8 Å². The van der Waals surface area contributed by atoms with Gasteiger partial charge in [0.25, 0.3) is 0 Å². The molecule has 7 heteroatoms. The van der Waals surface area contributed by atoms with Crippen LogP contribution in [0.4, 0.5) is 0 Å². The molecule has 0 aliphatic rings. The molecule has 0 aliphatic carbocycles. The third-order valence-corrected chi connectivity index (χ3v) is 4.13. The van der Waals surface area contributed by atoms with Crippen molar-refractivity contribution in [1.29, 1.82) is 0 Å². The van der Waals surface area contributed by atoms with Crippen molar-refractivity contribution >= 4 is 22.6 Å². The van der Waals surface area contributed by atoms with Gasteiger partial charge in [-0.25, -0.2) is 0 Å². The first-order chi connectivity index (χ1) is 12.0. The van der Waals surface area contributed by atoms with E-state index in [-0.39, 0.29) is 18.2 Å². The molecule has 0 saturated heterocycles. The molecule has 7 nitrogen and oxygen atoms in total. The molecule has 25 heavy (non-hydrogen) atoms. The fraction of sp³-hybridized carbons (Fsp3) is 0.333. The van der Waals surface area contributed by atoms with Crippen LogP contribution in [-0.4, -0.2) is 26.5 Å². The average Bonchev–Trinajstić information content (AvgIpc) is 3.18. The molecule has 0 spiro atoms. The number of para-hydroxylation sites is 1. The molecule has 0 radical (unpaired) electrons. The minimum absolute atomic E-state index is 0.0217. The lowest BCUT2D eigenvalue weighted by Gasteiger charge is -2.17. The van der Waals surface area contributed by atoms with Gasteiger partial charge in [0.15, 0.2) is 5.78 Å². The maximum Gasteiger partial charge on any atom is 0.243 e. The fourth-order valence-corrected chi connectivity index (χ4v) is 2.94. The molecule has 1 amide bonds. The summed E-state index contributed by atoms with van der Waals surface area (Å²) in [6.45, 7) is 5.34. The number of nitrogens with one attached hydrogen (secondary N) is 1. The van der Waals surface area contributed by atoms with Crippen LogP contribution in [0.25, 0.3) is 10.9 Å². The van der Waals surface area contributed by atoms with E-state index >= 15 is 0 Å². The molecule has 2 heterocycles. The van der Waals surface area contributed by atoms with Gasteiger partial charge in [-0.15, -0.1) is 10.2 Å². The minimum Gasteiger partial charge on any atom is -0.424 e. The smallest absolute Gasteiger partial charge is 0.243 e. The molecule has 3 rings (SSSR count). The number of benzene rings is 1. The van der Waals surface area contributed by atoms with Crippen molar-refractivity contribution in [2.75, 3.05) is 0 Å². The molecule has 0 fully saturated rings. The van der Waals surface area contributed by atoms with E-state index in [9.17, 15) is 9.59 Å². The molecule has 0 bridgehead atoms. The van der Waals surface area contributed by atoms with Gasteiger partial charge in [-0.1, -0.05) is 25.1 Å². The van der Waals surface area contributed by atoms with Gasteiger partial charge in [-0.05, 0) is 19.4 Å². The molecule has 0 saturated carbocycles. The molecule has 3 aromatic rings. The van der Waals surface area contributed by atoms with E-state index in [2.05, 4.69) is 15.5 Å². The number of aryl methyl sites for hydroxylation is 1. The predicted molar refractivity (Wildman–Crippen MR) is 92.2 cm³/mol. The zero-order valence-corrected chi connectivity index (χ0v) is 14.4. The predicted octanol–water partition coefficient (Wildman–Crippen LogP) is 2.80. The normalized spacial score (nSPS) is 12.3. The van der Waals surface area contributed by atoms with E-state index in [0.717, 1.165) is 10.9 Å². The second kappa shape index (κ2) is 6.88. The van der Waals surface area contributed by atoms with Crippen molar-refractivity contribution in [1.82, 2.24) is 20.1 Å². The number of carbonyl (C=O) groups excluding carboxylic acids is 2. The topological polar surface area (TPSA) is 90.0 Å². The quantitative estimate of drug-likeness (QED) is 0.697. The summed E-state index contributed by atoms with van der Waals surface area (Å²) in [6.07, 6.45) is 2.35. The maximum atomic E-state index is 12.7. The Morgan fingerprint density at radius 3 is 2.68 bits per heavy atom. The van der Waals surface area contributed by atoms with Gasteiger partial charge >= 0.3 is 0 Å². The Morgan fingerprint density at radius 1 is 1.28 bits per heavy atom. The number of nitrogens with zero attached hydrogens (tertiary/aromatic N) is 3. The number of rotatable bonds is 6. The van der Waals surface area contributed by atoms with Crippen LogP contribution < -0.4 is 5.32 Å². The average molecular weight is 340 g/mol. The summed E-state index contributed by atoms with van der Waals surface area (Å²) in [5.41, 5.74) is 1.48. The SMILES string of the molecule is CCC(C(=O)NCc1nnc(C)o1)n1cc(C(C)=O)c2ccccc21. The fourth-order valence-electron chi connectivity index (χ4n) is 2.94. The summed E-state index contributed by atoms with van der Waals surface area (Å²) in [7, 11) is 0. The van der Waals surface area contributed by atoms with Gasteiger partial charge < -0.3 is 14.3 Å². The number of amides is 1. The molecular formula is C18H20N4O3. The number of hydrogen-bond donors (Lipinski definition) is 1. The molecular weight excluding hydrogens is 320 g/mol. The highest BCUT2D eigenvalue weighted by molar-refractivity contribution is 6.07. The Morgan fingerprint density at radius 2 is 2.04 bits per heavy atom. The first-order valence-corrected chi connectivity index (χ1v) is 8.18. The Kier molecular flexibility index (Phi) is 4.65. The monoisotopic (exact) mass is 340 g/mol. The van der Waals surface area contributed by atoms with Crippen molar-refractivity contribution < 1.29 is 14.0 Å². The van der Waals surface area contributed by atoms with Crippen molar-refractivity contribution in [2.24, 2.45) is 0 Å². The van der Waals surface area contributed by atoms with Gasteiger partial charge in [-0.3, -0.25) is 9.59 Å². The largest absolute Gasteiger partial charge is 0.424 e. The lowest BCUT2D eigenvalue weighted by molar-refractivity contribution is -0.124. The highest BCUT2D eigenvalue weighted by atomic mass is 16.4. The van der Waals surface area contributed by atoms with Gasteiger partial charge in [-0.2, -0.15) is 0 Å². The van der Waals surface area contributed by atoms with Crippen molar-refractivity contribution in [3.05, 3.63) is 47.8 Å². The number of Topliss-reactive ketones (excluding diaryl/α,β-unsaturated/α-hetero) is 1. The van der Waals surface area contributed by atoms with Crippen LogP contribution in [0.15, 0.2) is 34.9 Å². The second-order valence-corrected chi connectivity index (χ2v) is 5.88. The lowest BCUT2D eigenvalue weighted by atomic mass is 10.1. The molecule has 0 aliphatic heterocycles. The first-order valence-electron chi connectivity index (χ1n) is 8.18. The van der Waals surface area contributed by atoms with Gasteiger partial charge in [0.2, 0.25) is 17.7 Å². The molecule has 130 valence electrons. The first kappa shape index (κ1) is 16.9. The van der Waals surface area contributed by atoms with E-state index in [0.29, 0.717) is 23.8 Å². The number of aromatic nitrogens is 3. The van der Waals surface area contributed by atoms with Crippen LogP contribution in [0, 0.1) is 6.92 Å². The van der Waals surface area contributed by atoms with E-state index in [1.165, 1.54) is 6.92 Å². The second-order valence-electron chi connectivity index (χ2n) is 5.88. The van der Waals surface area contributed by atoms with E-state index in [4.69, 9.17) is 4.42 Å². The van der Waals surface area contributed by atoms with Crippen molar-refractivity contribution in [2.45, 2.75) is 39.8 Å². The van der Waals surface area contributed by atoms with Crippen LogP contribution >= 0.6 is 0 Å². The van der Waals surface area contributed by atoms with Crippen LogP contribution in [0.2, 0.25) is 0 Å². The summed E-state index contributed by atoms with van der Waals surface area (Å²) < 4.78 is 7.13. The third-order valence-electron chi connectivity index (χ3n) is 4.13. The van der Waals surface area contributed by atoms with Gasteiger partial charge in [0.1, 0.15) is 6.04 Å². The van der Waals surface area contributed by atoms with E-state index in [1.54, 1.807) is 13.1 Å². The highest BCUT2D eigenvalue weighted by Crippen LogP contribution is 2.26. The summed E-state index contributed by atoms with van der Waals surface area (Å²) in [6, 6.07) is 7.17. The van der Waals surface area contributed by atoms with Gasteiger partial charge in [0, 0.05) is 29.6 Å². The summed E-state index contributed by atoms with van der Waals surface area (Å²) in [4.78, 5) is 24.6. The minimum atomic E-state index is -0.429. The molecule has 1 N–H and O–H groups in total. The Bertz CT molecular complexity index is 925. The summed E-state index contributed by atoms with van der Waals surface area (Å²) in [5, 5.41) is 11.3. The number of ketones is 1. The van der Waals surface area contributed by atoms with E-state index < -0.39 is 6.04 Å². The zero-order chi connectivity index (χ0) is 18.0. The molecule has 2 aromatic heterocycles. The number of fused-ring (bicyclic) bond motifs is 1.